The third-order valence-electron chi connectivity index (χ3n) is 4.80. The molecule has 0 unspecified atom stereocenters. The SMILES string of the molecule is CCCCCCCCCCCCCCCCOC[C@H](COC(C)=O)[N-]C. The van der Waals surface area contributed by atoms with E-state index in [-0.39, 0.29) is 12.0 Å². The first-order valence-corrected chi connectivity index (χ1v) is 11.0. The summed E-state index contributed by atoms with van der Waals surface area (Å²) in [7, 11) is 1.74. The molecular weight excluding hydrogens is 326 g/mol. The van der Waals surface area contributed by atoms with Gasteiger partial charge in [-0.15, -0.1) is 0 Å². The Balaban J connectivity index is 3.18. The van der Waals surface area contributed by atoms with Crippen LogP contribution in [0.4, 0.5) is 0 Å². The zero-order valence-corrected chi connectivity index (χ0v) is 17.8. The van der Waals surface area contributed by atoms with Crippen LogP contribution in [0.2, 0.25) is 0 Å². The second-order valence-corrected chi connectivity index (χ2v) is 7.39. The molecule has 0 spiro atoms. The standard InChI is InChI=1S/C22H44NO3/c1-4-5-6-7-8-9-10-11-12-13-14-15-16-17-18-25-19-22(23-3)20-26-21(2)24/h22H,4-20H2,1-3H3/q-1/t22-/m1/s1. The maximum absolute atomic E-state index is 10.8. The molecule has 0 heterocycles. The number of rotatable bonds is 20. The van der Waals surface area contributed by atoms with Gasteiger partial charge >= 0.3 is 5.97 Å². The summed E-state index contributed by atoms with van der Waals surface area (Å²) in [6.45, 7) is 5.35. The van der Waals surface area contributed by atoms with Gasteiger partial charge in [-0.3, -0.25) is 4.79 Å². The van der Waals surface area contributed by atoms with E-state index in [2.05, 4.69) is 12.2 Å². The molecule has 0 aromatic carbocycles. The largest absolute Gasteiger partial charge is 0.658 e. The zero-order chi connectivity index (χ0) is 19.3. The lowest BCUT2D eigenvalue weighted by Crippen LogP contribution is -2.22. The number of carbonyl (C=O) groups is 1. The lowest BCUT2D eigenvalue weighted by molar-refractivity contribution is -0.141. The number of carbonyl (C=O) groups excluding carboxylic acids is 1. The van der Waals surface area contributed by atoms with Crippen LogP contribution < -0.4 is 0 Å². The number of hydrogen-bond acceptors (Lipinski definition) is 3. The molecule has 0 amide bonds. The highest BCUT2D eigenvalue weighted by atomic mass is 16.5. The predicted molar refractivity (Wildman–Crippen MR) is 111 cm³/mol. The average molecular weight is 371 g/mol. The van der Waals surface area contributed by atoms with E-state index in [1.165, 1.54) is 90.4 Å². The van der Waals surface area contributed by atoms with E-state index in [1.807, 2.05) is 0 Å². The van der Waals surface area contributed by atoms with Crippen molar-refractivity contribution in [2.45, 2.75) is 110 Å². The Kier molecular flexibility index (Phi) is 20.2. The molecule has 0 bridgehead atoms. The van der Waals surface area contributed by atoms with Gasteiger partial charge < -0.3 is 14.8 Å². The van der Waals surface area contributed by atoms with Crippen molar-refractivity contribution >= 4 is 5.97 Å². The lowest BCUT2D eigenvalue weighted by atomic mass is 10.0. The van der Waals surface area contributed by atoms with Gasteiger partial charge in [-0.1, -0.05) is 96.4 Å². The molecule has 0 rings (SSSR count). The van der Waals surface area contributed by atoms with E-state index < -0.39 is 0 Å². The van der Waals surface area contributed by atoms with Gasteiger partial charge in [0.25, 0.3) is 0 Å². The Morgan fingerprint density at radius 3 is 1.65 bits per heavy atom. The molecule has 0 radical (unpaired) electrons. The quantitative estimate of drug-likeness (QED) is 0.183. The molecule has 0 N–H and O–H groups in total. The smallest absolute Gasteiger partial charge is 0.302 e. The number of likely N-dealkylation sites (N-methyl/N-ethyl adjacent to an activating group) is 1. The van der Waals surface area contributed by atoms with Crippen LogP contribution >= 0.6 is 0 Å². The summed E-state index contributed by atoms with van der Waals surface area (Å²) in [6.07, 6.45) is 19.2. The van der Waals surface area contributed by atoms with Crippen LogP contribution in [0.1, 0.15) is 104 Å². The van der Waals surface area contributed by atoms with Crippen molar-refractivity contribution < 1.29 is 14.3 Å². The van der Waals surface area contributed by atoms with E-state index in [0.717, 1.165) is 13.0 Å². The molecule has 1 atom stereocenters. The monoisotopic (exact) mass is 370 g/mol. The first-order chi connectivity index (χ1) is 12.7. The summed E-state index contributed by atoms with van der Waals surface area (Å²) in [5.41, 5.74) is 0. The minimum atomic E-state index is -0.259. The molecule has 4 heteroatoms. The molecule has 0 saturated heterocycles. The Labute approximate surface area is 162 Å². The second-order valence-electron chi connectivity index (χ2n) is 7.39. The van der Waals surface area contributed by atoms with E-state index in [4.69, 9.17) is 9.47 Å². The molecule has 0 aliphatic carbocycles. The van der Waals surface area contributed by atoms with Crippen LogP contribution in [0, 0.1) is 0 Å². The van der Waals surface area contributed by atoms with Gasteiger partial charge in [-0.25, -0.2) is 0 Å². The highest BCUT2D eigenvalue weighted by Crippen LogP contribution is 2.13. The maximum Gasteiger partial charge on any atom is 0.302 e. The van der Waals surface area contributed by atoms with Crippen molar-refractivity contribution in [3.8, 4) is 0 Å². The van der Waals surface area contributed by atoms with Crippen molar-refractivity contribution in [3.63, 3.8) is 0 Å². The van der Waals surface area contributed by atoms with Crippen LogP contribution in [0.15, 0.2) is 0 Å². The molecule has 0 fully saturated rings. The van der Waals surface area contributed by atoms with Gasteiger partial charge in [-0.2, -0.15) is 7.05 Å². The predicted octanol–water partition coefficient (Wildman–Crippen LogP) is 6.42. The van der Waals surface area contributed by atoms with E-state index in [0.29, 0.717) is 13.2 Å². The summed E-state index contributed by atoms with van der Waals surface area (Å²) in [5.74, 6) is -0.259. The van der Waals surface area contributed by atoms with E-state index >= 15 is 0 Å². The maximum atomic E-state index is 10.8. The minimum Gasteiger partial charge on any atom is -0.658 e. The summed E-state index contributed by atoms with van der Waals surface area (Å²) < 4.78 is 10.6. The van der Waals surface area contributed by atoms with Crippen LogP contribution in [-0.4, -0.2) is 38.9 Å². The molecule has 4 nitrogen and oxygen atoms in total. The molecule has 156 valence electrons. The molecule has 0 aliphatic heterocycles. The van der Waals surface area contributed by atoms with Crippen LogP contribution in [0.25, 0.3) is 5.32 Å². The number of ether oxygens (including phenoxy) is 2. The molecule has 0 aliphatic rings. The van der Waals surface area contributed by atoms with Gasteiger partial charge in [0.15, 0.2) is 0 Å². The van der Waals surface area contributed by atoms with Gasteiger partial charge in [-0.05, 0) is 6.42 Å². The lowest BCUT2D eigenvalue weighted by Gasteiger charge is -2.26. The molecule has 26 heavy (non-hydrogen) atoms. The Morgan fingerprint density at radius 1 is 0.769 bits per heavy atom. The van der Waals surface area contributed by atoms with Crippen LogP contribution in [0.3, 0.4) is 0 Å². The summed E-state index contributed by atoms with van der Waals surface area (Å²) in [6, 6.07) is -0.0365. The van der Waals surface area contributed by atoms with Crippen LogP contribution in [0.5, 0.6) is 0 Å². The first-order valence-electron chi connectivity index (χ1n) is 11.0. The summed E-state index contributed by atoms with van der Waals surface area (Å²) >= 11 is 0. The highest BCUT2D eigenvalue weighted by Gasteiger charge is 2.00. The molecule has 0 aromatic rings. The Hall–Kier alpha value is -0.610. The fraction of sp³-hybridized carbons (Fsp3) is 0.955. The van der Waals surface area contributed by atoms with Gasteiger partial charge in [0.1, 0.15) is 0 Å². The average Bonchev–Trinajstić information content (AvgIpc) is 2.63. The third kappa shape index (κ3) is 19.7. The number of unbranched alkanes of at least 4 members (excludes halogenated alkanes) is 13. The van der Waals surface area contributed by atoms with Crippen molar-refractivity contribution in [1.82, 2.24) is 0 Å². The zero-order valence-electron chi connectivity index (χ0n) is 17.8. The fourth-order valence-electron chi connectivity index (χ4n) is 3.03. The molecule has 0 aromatic heterocycles. The first kappa shape index (κ1) is 25.4. The molecular formula is C22H44NO3-. The normalized spacial score (nSPS) is 12.3. The fourth-order valence-corrected chi connectivity index (χ4v) is 3.03. The number of hydrogen-bond donors (Lipinski definition) is 0. The number of esters is 1. The van der Waals surface area contributed by atoms with Crippen molar-refractivity contribution in [2.75, 3.05) is 26.9 Å². The number of nitrogens with zero attached hydrogens (tertiary/aromatic N) is 1. The van der Waals surface area contributed by atoms with Crippen molar-refractivity contribution in [2.24, 2.45) is 0 Å². The summed E-state index contributed by atoms with van der Waals surface area (Å²) in [5, 5.41) is 4.17. The van der Waals surface area contributed by atoms with Crippen LogP contribution in [-0.2, 0) is 14.3 Å². The topological polar surface area (TPSA) is 49.6 Å². The highest BCUT2D eigenvalue weighted by molar-refractivity contribution is 5.65. The minimum absolute atomic E-state index is 0.0365. The van der Waals surface area contributed by atoms with E-state index in [1.54, 1.807) is 7.05 Å². The van der Waals surface area contributed by atoms with Crippen molar-refractivity contribution in [3.05, 3.63) is 5.32 Å². The second kappa shape index (κ2) is 20.7. The van der Waals surface area contributed by atoms with Gasteiger partial charge in [0.2, 0.25) is 0 Å². The van der Waals surface area contributed by atoms with Gasteiger partial charge in [0.05, 0.1) is 6.61 Å². The Bertz CT molecular complexity index is 297. The third-order valence-corrected chi connectivity index (χ3v) is 4.80. The molecule has 0 saturated carbocycles. The van der Waals surface area contributed by atoms with E-state index in [9.17, 15) is 4.79 Å². The Morgan fingerprint density at radius 2 is 1.23 bits per heavy atom. The summed E-state index contributed by atoms with van der Waals surface area (Å²) in [4.78, 5) is 10.8. The van der Waals surface area contributed by atoms with Gasteiger partial charge in [0, 0.05) is 20.1 Å². The van der Waals surface area contributed by atoms with Crippen molar-refractivity contribution in [1.29, 1.82) is 0 Å².